The highest BCUT2D eigenvalue weighted by molar-refractivity contribution is 6.15. The van der Waals surface area contributed by atoms with Gasteiger partial charge < -0.3 is 30.3 Å². The highest BCUT2D eigenvalue weighted by atomic mass is 19.1. The molecule has 1 spiro atoms. The van der Waals surface area contributed by atoms with E-state index in [0.717, 1.165) is 0 Å². The number of hydrogen-bond donors (Lipinski definition) is 3. The molecule has 0 radical (unpaired) electrons. The van der Waals surface area contributed by atoms with Crippen molar-refractivity contribution in [2.24, 2.45) is 5.92 Å². The first-order valence-electron chi connectivity index (χ1n) is 13.5. The van der Waals surface area contributed by atoms with E-state index in [1.807, 2.05) is 0 Å². The lowest BCUT2D eigenvalue weighted by Crippen LogP contribution is -2.49. The fourth-order valence-electron chi connectivity index (χ4n) is 5.96. The van der Waals surface area contributed by atoms with E-state index in [0.29, 0.717) is 41.6 Å². The molecule has 1 heterocycles. The highest BCUT2D eigenvalue weighted by Crippen LogP contribution is 2.43. The molecule has 2 fully saturated rings. The number of anilines is 1. The number of carbonyl (C=O) groups excluding carboxylic acids is 4. The number of carboxylic acid groups (broad SMARTS) is 1. The number of urea groups is 1. The third-order valence-electron chi connectivity index (χ3n) is 8.09. The van der Waals surface area contributed by atoms with Gasteiger partial charge in [0, 0.05) is 37.3 Å². The predicted molar refractivity (Wildman–Crippen MR) is 143 cm³/mol. The molecule has 2 aromatic rings. The first-order chi connectivity index (χ1) is 19.6. The minimum atomic E-state index is -1.86. The first-order valence-corrected chi connectivity index (χ1v) is 13.5. The predicted octanol–water partition coefficient (Wildman–Crippen LogP) is 2.39. The van der Waals surface area contributed by atoms with E-state index in [1.165, 1.54) is 24.1 Å². The normalized spacial score (nSPS) is 23.4. The molecule has 0 unspecified atom stereocenters. The van der Waals surface area contributed by atoms with Crippen LogP contribution in [0.1, 0.15) is 42.4 Å². The number of nitrogens with one attached hydrogen (secondary N) is 2. The van der Waals surface area contributed by atoms with E-state index in [4.69, 9.17) is 4.74 Å². The average Bonchev–Trinajstić information content (AvgIpc) is 3.43. The van der Waals surface area contributed by atoms with Crippen LogP contribution in [0.2, 0.25) is 0 Å². The van der Waals surface area contributed by atoms with Crippen LogP contribution in [0.4, 0.5) is 14.9 Å². The smallest absolute Gasteiger partial charge is 0.318 e. The molecular formula is C29H31FN4O7. The SMILES string of the molecule is CNC(=O)Nc1ccc2c(c1)CC(=O)[C@]21OCN(CC(=O)N(Cc2ccc(F)cc2)[C@H]2CCC[C@@H](C(=O)O)C2)C1=O. The summed E-state index contributed by atoms with van der Waals surface area (Å²) in [7, 11) is 1.47. The Morgan fingerprint density at radius 2 is 1.90 bits per heavy atom. The second-order valence-corrected chi connectivity index (χ2v) is 10.6. The van der Waals surface area contributed by atoms with Crippen molar-refractivity contribution in [1.29, 1.82) is 0 Å². The molecule has 41 heavy (non-hydrogen) atoms. The Labute approximate surface area is 235 Å². The lowest BCUT2D eigenvalue weighted by molar-refractivity contribution is -0.150. The molecule has 0 bridgehead atoms. The van der Waals surface area contributed by atoms with Crippen molar-refractivity contribution in [2.75, 3.05) is 25.6 Å². The molecule has 3 N–H and O–H groups in total. The molecule has 4 amide bonds. The zero-order valence-electron chi connectivity index (χ0n) is 22.5. The maximum atomic E-state index is 13.7. The summed E-state index contributed by atoms with van der Waals surface area (Å²) in [5.74, 6) is -3.44. The Kier molecular flexibility index (Phi) is 7.76. The summed E-state index contributed by atoms with van der Waals surface area (Å²) < 4.78 is 19.4. The molecule has 0 aromatic heterocycles. The number of nitrogens with zero attached hydrogens (tertiary/aromatic N) is 2. The summed E-state index contributed by atoms with van der Waals surface area (Å²) in [5, 5.41) is 14.7. The van der Waals surface area contributed by atoms with Crippen LogP contribution in [0, 0.1) is 11.7 Å². The van der Waals surface area contributed by atoms with E-state index in [-0.39, 0.29) is 38.7 Å². The quantitative estimate of drug-likeness (QED) is 0.437. The van der Waals surface area contributed by atoms with Gasteiger partial charge in [0.15, 0.2) is 5.78 Å². The number of benzene rings is 2. The van der Waals surface area contributed by atoms with E-state index in [2.05, 4.69) is 10.6 Å². The summed E-state index contributed by atoms with van der Waals surface area (Å²) in [4.78, 5) is 66.7. The zero-order valence-corrected chi connectivity index (χ0v) is 22.5. The summed E-state index contributed by atoms with van der Waals surface area (Å²) in [6, 6.07) is 9.66. The van der Waals surface area contributed by atoms with Gasteiger partial charge in [0.2, 0.25) is 11.5 Å². The fourth-order valence-corrected chi connectivity index (χ4v) is 5.96. The molecule has 1 saturated carbocycles. The van der Waals surface area contributed by atoms with Crippen LogP contribution in [0.25, 0.3) is 0 Å². The van der Waals surface area contributed by atoms with Gasteiger partial charge in [0.1, 0.15) is 19.1 Å². The second-order valence-electron chi connectivity index (χ2n) is 10.6. The Hall–Kier alpha value is -4.32. The van der Waals surface area contributed by atoms with Gasteiger partial charge in [-0.05, 0) is 54.7 Å². The number of rotatable bonds is 7. The van der Waals surface area contributed by atoms with E-state index in [9.17, 15) is 33.5 Å². The van der Waals surface area contributed by atoms with Crippen LogP contribution >= 0.6 is 0 Å². The van der Waals surface area contributed by atoms with Gasteiger partial charge >= 0.3 is 12.0 Å². The van der Waals surface area contributed by atoms with Crippen LogP contribution in [-0.4, -0.2) is 70.9 Å². The summed E-state index contributed by atoms with van der Waals surface area (Å²) in [6.07, 6.45) is 1.96. The molecule has 1 saturated heterocycles. The van der Waals surface area contributed by atoms with E-state index < -0.39 is 46.9 Å². The number of aliphatic carboxylic acids is 1. The van der Waals surface area contributed by atoms with Gasteiger partial charge in [-0.25, -0.2) is 9.18 Å². The number of halogens is 1. The van der Waals surface area contributed by atoms with Gasteiger partial charge in [0.25, 0.3) is 5.91 Å². The molecule has 12 heteroatoms. The lowest BCUT2D eigenvalue weighted by Gasteiger charge is -2.37. The summed E-state index contributed by atoms with van der Waals surface area (Å²) in [5.41, 5.74) is 0.185. The van der Waals surface area contributed by atoms with Crippen LogP contribution < -0.4 is 10.6 Å². The molecule has 216 valence electrons. The van der Waals surface area contributed by atoms with Gasteiger partial charge in [-0.1, -0.05) is 24.6 Å². The number of amides is 4. The molecular weight excluding hydrogens is 535 g/mol. The van der Waals surface area contributed by atoms with Crippen molar-refractivity contribution in [2.45, 2.75) is 50.3 Å². The number of carboxylic acids is 1. The first kappa shape index (κ1) is 28.2. The minimum Gasteiger partial charge on any atom is -0.481 e. The maximum Gasteiger partial charge on any atom is 0.318 e. The Morgan fingerprint density at radius 1 is 1.15 bits per heavy atom. The Bertz CT molecular complexity index is 1400. The van der Waals surface area contributed by atoms with E-state index >= 15 is 0 Å². The Balaban J connectivity index is 1.36. The molecule has 3 atom stereocenters. The topological polar surface area (TPSA) is 145 Å². The van der Waals surface area contributed by atoms with Crippen molar-refractivity contribution in [1.82, 2.24) is 15.1 Å². The third kappa shape index (κ3) is 5.39. The third-order valence-corrected chi connectivity index (χ3v) is 8.09. The average molecular weight is 567 g/mol. The number of carbonyl (C=O) groups is 5. The number of Topliss-reactive ketones (excluding diaryl/α,β-unsaturated/α-hetero) is 1. The molecule has 2 aromatic carbocycles. The van der Waals surface area contributed by atoms with Crippen LogP contribution in [0.15, 0.2) is 42.5 Å². The fraction of sp³-hybridized carbons (Fsp3) is 0.414. The summed E-state index contributed by atoms with van der Waals surface area (Å²) >= 11 is 0. The molecule has 1 aliphatic heterocycles. The largest absolute Gasteiger partial charge is 0.481 e. The van der Waals surface area contributed by atoms with Crippen LogP contribution in [0.3, 0.4) is 0 Å². The summed E-state index contributed by atoms with van der Waals surface area (Å²) in [6.45, 7) is -0.525. The number of ketones is 1. The van der Waals surface area contributed by atoms with Crippen molar-refractivity contribution in [3.05, 3.63) is 65.0 Å². The number of fused-ring (bicyclic) bond motifs is 2. The van der Waals surface area contributed by atoms with Gasteiger partial charge in [-0.2, -0.15) is 0 Å². The van der Waals surface area contributed by atoms with Gasteiger partial charge in [-0.15, -0.1) is 0 Å². The zero-order chi connectivity index (χ0) is 29.3. The molecule has 3 aliphatic rings. The van der Waals surface area contributed by atoms with Crippen LogP contribution in [-0.2, 0) is 42.5 Å². The van der Waals surface area contributed by atoms with Crippen molar-refractivity contribution < 1.29 is 38.2 Å². The molecule has 11 nitrogen and oxygen atoms in total. The second kappa shape index (κ2) is 11.3. The number of ether oxygens (including phenoxy) is 1. The van der Waals surface area contributed by atoms with Crippen LogP contribution in [0.5, 0.6) is 0 Å². The van der Waals surface area contributed by atoms with Crippen molar-refractivity contribution in [3.8, 4) is 0 Å². The highest BCUT2D eigenvalue weighted by Gasteiger charge is 2.59. The molecule has 5 rings (SSSR count). The van der Waals surface area contributed by atoms with E-state index in [1.54, 1.807) is 35.2 Å². The lowest BCUT2D eigenvalue weighted by atomic mass is 9.84. The van der Waals surface area contributed by atoms with Gasteiger partial charge in [0.05, 0.1) is 5.92 Å². The number of hydrogen-bond acceptors (Lipinski definition) is 6. The van der Waals surface area contributed by atoms with Crippen molar-refractivity contribution >= 4 is 35.3 Å². The standard InChI is InChI=1S/C29H31FN4O7/c1-31-28(40)32-21-9-10-23-19(11-21)13-24(35)29(23)27(39)33(16-41-29)15-25(36)34(14-17-5-7-20(30)8-6-17)22-4-2-3-18(12-22)26(37)38/h5-11,18,22H,2-4,12-16H2,1H3,(H,37,38)(H2,31,32,40)/t18-,22+,29-/m1/s1. The monoisotopic (exact) mass is 566 g/mol. The van der Waals surface area contributed by atoms with Gasteiger partial charge in [-0.3, -0.25) is 19.2 Å². The molecule has 2 aliphatic carbocycles. The Morgan fingerprint density at radius 3 is 2.61 bits per heavy atom. The maximum absolute atomic E-state index is 13.7. The van der Waals surface area contributed by atoms with Crippen molar-refractivity contribution in [3.63, 3.8) is 0 Å². The minimum absolute atomic E-state index is 0.0680.